The minimum Gasteiger partial charge on any atom is -0.461 e. The normalized spacial score (nSPS) is 13.6. The Kier molecular flexibility index (Phi) is 3.70. The van der Waals surface area contributed by atoms with Crippen LogP contribution in [0.2, 0.25) is 0 Å². The number of aliphatic hydroxyl groups is 1. The smallest absolute Gasteiger partial charge is 0.380 e. The summed E-state index contributed by atoms with van der Waals surface area (Å²) >= 11 is 0.844. The van der Waals surface area contributed by atoms with Gasteiger partial charge < -0.3 is 9.84 Å². The quantitative estimate of drug-likeness (QED) is 0.803. The number of aliphatic hydroxyl groups excluding tert-OH is 1. The first-order valence-corrected chi connectivity index (χ1v) is 4.99. The number of carbonyl (C=O) groups excluding carboxylic acids is 1. The van der Waals surface area contributed by atoms with Crippen molar-refractivity contribution >= 4 is 17.3 Å². The van der Waals surface area contributed by atoms with Gasteiger partial charge in [0.05, 0.1) is 17.0 Å². The Bertz CT molecular complexity index is 329. The number of rotatable bonds is 4. The molecular formula is C8H9F2NO3S. The molecule has 15 heavy (non-hydrogen) atoms. The molecule has 0 aliphatic heterocycles. The van der Waals surface area contributed by atoms with Gasteiger partial charge in [0, 0.05) is 6.20 Å². The summed E-state index contributed by atoms with van der Waals surface area (Å²) in [5, 5.41) is 9.25. The van der Waals surface area contributed by atoms with Gasteiger partial charge in [-0.25, -0.2) is 4.79 Å². The van der Waals surface area contributed by atoms with Gasteiger partial charge in [0.2, 0.25) is 0 Å². The molecule has 1 aromatic rings. The molecular weight excluding hydrogens is 228 g/mol. The number of nitrogens with zero attached hydrogens (tertiary/aromatic N) is 1. The van der Waals surface area contributed by atoms with Gasteiger partial charge in [-0.2, -0.15) is 8.78 Å². The first-order chi connectivity index (χ1) is 7.00. The van der Waals surface area contributed by atoms with Crippen molar-refractivity contribution in [2.24, 2.45) is 0 Å². The summed E-state index contributed by atoms with van der Waals surface area (Å²) in [5.74, 6) is -5.67. The zero-order valence-corrected chi connectivity index (χ0v) is 8.63. The standard InChI is InChI=1S/C8H9F2NO3S/c1-2-14-7(13)8(9,10)6(12)5-3-11-4-15-5/h3-4,6,12H,2H2,1H3. The summed E-state index contributed by atoms with van der Waals surface area (Å²) in [4.78, 5) is 14.3. The molecule has 0 aromatic carbocycles. The fourth-order valence-corrected chi connectivity index (χ4v) is 1.52. The molecule has 0 fully saturated rings. The minimum atomic E-state index is -3.94. The van der Waals surface area contributed by atoms with Gasteiger partial charge in [-0.1, -0.05) is 0 Å². The highest BCUT2D eigenvalue weighted by Gasteiger charge is 2.49. The molecule has 0 saturated carbocycles. The highest BCUT2D eigenvalue weighted by Crippen LogP contribution is 2.34. The molecule has 0 radical (unpaired) electrons. The van der Waals surface area contributed by atoms with E-state index < -0.39 is 18.0 Å². The van der Waals surface area contributed by atoms with E-state index in [0.717, 1.165) is 17.5 Å². The van der Waals surface area contributed by atoms with Gasteiger partial charge in [-0.05, 0) is 6.92 Å². The largest absolute Gasteiger partial charge is 0.461 e. The predicted molar refractivity (Wildman–Crippen MR) is 48.7 cm³/mol. The second kappa shape index (κ2) is 4.63. The molecule has 0 spiro atoms. The average molecular weight is 237 g/mol. The molecule has 4 nitrogen and oxygen atoms in total. The van der Waals surface area contributed by atoms with Crippen LogP contribution in [0.4, 0.5) is 8.78 Å². The Labute approximate surface area is 88.5 Å². The van der Waals surface area contributed by atoms with Crippen molar-refractivity contribution < 1.29 is 23.4 Å². The van der Waals surface area contributed by atoms with Crippen LogP contribution in [0, 0.1) is 0 Å². The monoisotopic (exact) mass is 237 g/mol. The number of halogens is 2. The third-order valence-electron chi connectivity index (χ3n) is 1.61. The summed E-state index contributed by atoms with van der Waals surface area (Å²) < 4.78 is 30.6. The van der Waals surface area contributed by atoms with E-state index in [1.165, 1.54) is 12.4 Å². The van der Waals surface area contributed by atoms with Gasteiger partial charge in [0.1, 0.15) is 0 Å². The maximum atomic E-state index is 13.2. The third-order valence-corrected chi connectivity index (χ3v) is 2.44. The predicted octanol–water partition coefficient (Wildman–Crippen LogP) is 1.37. The molecule has 7 heteroatoms. The van der Waals surface area contributed by atoms with Gasteiger partial charge in [-0.15, -0.1) is 11.3 Å². The van der Waals surface area contributed by atoms with Gasteiger partial charge >= 0.3 is 11.9 Å². The molecule has 1 N–H and O–H groups in total. The molecule has 1 aromatic heterocycles. The molecule has 84 valence electrons. The van der Waals surface area contributed by atoms with Gasteiger partial charge in [-0.3, -0.25) is 4.98 Å². The maximum Gasteiger partial charge on any atom is 0.380 e. The number of ether oxygens (including phenoxy) is 1. The Balaban J connectivity index is 2.81. The van der Waals surface area contributed by atoms with E-state index in [9.17, 15) is 18.7 Å². The Hall–Kier alpha value is -1.08. The van der Waals surface area contributed by atoms with Crippen LogP contribution in [0.5, 0.6) is 0 Å². The van der Waals surface area contributed by atoms with Crippen LogP contribution in [0.25, 0.3) is 0 Å². The highest BCUT2D eigenvalue weighted by molar-refractivity contribution is 7.09. The molecule has 0 aliphatic rings. The first kappa shape index (κ1) is 12.0. The Morgan fingerprint density at radius 3 is 2.93 bits per heavy atom. The average Bonchev–Trinajstić information content (AvgIpc) is 2.69. The number of alkyl halides is 2. The van der Waals surface area contributed by atoms with E-state index in [4.69, 9.17) is 0 Å². The molecule has 0 aliphatic carbocycles. The summed E-state index contributed by atoms with van der Waals surface area (Å²) in [6, 6.07) is 0. The topological polar surface area (TPSA) is 59.4 Å². The van der Waals surface area contributed by atoms with Crippen molar-refractivity contribution in [1.29, 1.82) is 0 Å². The molecule has 0 amide bonds. The number of hydrogen-bond donors (Lipinski definition) is 1. The second-order valence-electron chi connectivity index (χ2n) is 2.65. The van der Waals surface area contributed by atoms with Crippen LogP contribution >= 0.6 is 11.3 Å². The van der Waals surface area contributed by atoms with Crippen molar-refractivity contribution in [3.05, 3.63) is 16.6 Å². The van der Waals surface area contributed by atoms with Crippen molar-refractivity contribution in [3.63, 3.8) is 0 Å². The first-order valence-electron chi connectivity index (χ1n) is 4.11. The lowest BCUT2D eigenvalue weighted by atomic mass is 10.1. The molecule has 1 unspecified atom stereocenters. The maximum absolute atomic E-state index is 13.2. The SMILES string of the molecule is CCOC(=O)C(F)(F)C(O)c1cncs1. The zero-order chi connectivity index (χ0) is 11.5. The number of carbonyl (C=O) groups is 1. The van der Waals surface area contributed by atoms with E-state index >= 15 is 0 Å². The van der Waals surface area contributed by atoms with Crippen molar-refractivity contribution in [2.45, 2.75) is 19.0 Å². The number of thiazole rings is 1. The van der Waals surface area contributed by atoms with Crippen molar-refractivity contribution in [1.82, 2.24) is 4.98 Å². The molecule has 1 rings (SSSR count). The summed E-state index contributed by atoms with van der Waals surface area (Å²) in [6.07, 6.45) is -1.12. The second-order valence-corrected chi connectivity index (χ2v) is 3.57. The van der Waals surface area contributed by atoms with Crippen molar-refractivity contribution in [3.8, 4) is 0 Å². The van der Waals surface area contributed by atoms with Crippen LogP contribution in [0.1, 0.15) is 17.9 Å². The Morgan fingerprint density at radius 1 is 1.80 bits per heavy atom. The van der Waals surface area contributed by atoms with E-state index in [0.29, 0.717) is 0 Å². The molecule has 0 bridgehead atoms. The Morgan fingerprint density at radius 2 is 2.47 bits per heavy atom. The fourth-order valence-electron chi connectivity index (χ4n) is 0.878. The third kappa shape index (κ3) is 2.48. The zero-order valence-electron chi connectivity index (χ0n) is 7.81. The van der Waals surface area contributed by atoms with E-state index in [1.54, 1.807) is 0 Å². The van der Waals surface area contributed by atoms with Crippen LogP contribution in [0.3, 0.4) is 0 Å². The lowest BCUT2D eigenvalue weighted by molar-refractivity contribution is -0.188. The highest BCUT2D eigenvalue weighted by atomic mass is 32.1. The van der Waals surface area contributed by atoms with Gasteiger partial charge in [0.15, 0.2) is 6.10 Å². The van der Waals surface area contributed by atoms with Crippen LogP contribution in [-0.4, -0.2) is 28.6 Å². The van der Waals surface area contributed by atoms with Crippen LogP contribution in [-0.2, 0) is 9.53 Å². The molecule has 1 heterocycles. The van der Waals surface area contributed by atoms with Gasteiger partial charge in [0.25, 0.3) is 0 Å². The van der Waals surface area contributed by atoms with Crippen molar-refractivity contribution in [2.75, 3.05) is 6.61 Å². The van der Waals surface area contributed by atoms with E-state index in [-0.39, 0.29) is 11.5 Å². The van der Waals surface area contributed by atoms with Crippen LogP contribution < -0.4 is 0 Å². The van der Waals surface area contributed by atoms with E-state index in [1.807, 2.05) is 0 Å². The lowest BCUT2D eigenvalue weighted by Crippen LogP contribution is -2.37. The number of esters is 1. The summed E-state index contributed by atoms with van der Waals surface area (Å²) in [5.41, 5.74) is 1.29. The van der Waals surface area contributed by atoms with E-state index in [2.05, 4.69) is 9.72 Å². The minimum absolute atomic E-state index is 0.0759. The lowest BCUT2D eigenvalue weighted by Gasteiger charge is -2.18. The molecule has 0 saturated heterocycles. The summed E-state index contributed by atoms with van der Waals surface area (Å²) in [7, 11) is 0. The molecule has 1 atom stereocenters. The fraction of sp³-hybridized carbons (Fsp3) is 0.500. The number of aromatic nitrogens is 1. The number of hydrogen-bond acceptors (Lipinski definition) is 5. The van der Waals surface area contributed by atoms with Crippen LogP contribution in [0.15, 0.2) is 11.7 Å². The summed E-state index contributed by atoms with van der Waals surface area (Å²) in [6.45, 7) is 1.25.